The van der Waals surface area contributed by atoms with Crippen LogP contribution in [0.15, 0.2) is 0 Å². The molecule has 0 aliphatic heterocycles. The lowest BCUT2D eigenvalue weighted by Crippen LogP contribution is -2.51. The van der Waals surface area contributed by atoms with Crippen LogP contribution in [-0.4, -0.2) is 0 Å². The van der Waals surface area contributed by atoms with Crippen molar-refractivity contribution in [2.45, 2.75) is 46.0 Å². The van der Waals surface area contributed by atoms with E-state index in [1.807, 2.05) is 0 Å². The van der Waals surface area contributed by atoms with Crippen molar-refractivity contribution in [2.75, 3.05) is 0 Å². The zero-order valence-corrected chi connectivity index (χ0v) is 6.54. The van der Waals surface area contributed by atoms with E-state index in [-0.39, 0.29) is 0 Å². The Morgan fingerprint density at radius 1 is 0.889 bits per heavy atom. The van der Waals surface area contributed by atoms with Crippen molar-refractivity contribution >= 4 is 0 Å². The van der Waals surface area contributed by atoms with Crippen LogP contribution in [0.4, 0.5) is 0 Å². The molecule has 2 fully saturated rings. The highest BCUT2D eigenvalue weighted by Gasteiger charge is 2.55. The summed E-state index contributed by atoms with van der Waals surface area (Å²) in [6.07, 6.45) is 7.57. The Kier molecular flexibility index (Phi) is 0.868. The Morgan fingerprint density at radius 3 is 1.56 bits per heavy atom. The van der Waals surface area contributed by atoms with E-state index >= 15 is 0 Å². The van der Waals surface area contributed by atoms with Crippen LogP contribution < -0.4 is 0 Å². The summed E-state index contributed by atoms with van der Waals surface area (Å²) in [7, 11) is 0. The molecule has 2 aliphatic carbocycles. The van der Waals surface area contributed by atoms with E-state index < -0.39 is 0 Å². The van der Waals surface area contributed by atoms with Crippen molar-refractivity contribution in [3.63, 3.8) is 0 Å². The molecule has 2 aliphatic rings. The number of rotatable bonds is 0. The molecule has 0 radical (unpaired) electrons. The average molecular weight is 124 g/mol. The monoisotopic (exact) mass is 124 g/mol. The first-order valence-electron chi connectivity index (χ1n) is 4.16. The number of hydrogen-bond donors (Lipinski definition) is 0. The van der Waals surface area contributed by atoms with E-state index in [4.69, 9.17) is 0 Å². The molecule has 0 amide bonds. The van der Waals surface area contributed by atoms with Gasteiger partial charge in [-0.15, -0.1) is 0 Å². The summed E-state index contributed by atoms with van der Waals surface area (Å²) in [5, 5.41) is 0. The first-order valence-corrected chi connectivity index (χ1v) is 4.16. The van der Waals surface area contributed by atoms with Gasteiger partial charge in [-0.25, -0.2) is 0 Å². The van der Waals surface area contributed by atoms with Gasteiger partial charge in [0, 0.05) is 0 Å². The van der Waals surface area contributed by atoms with Gasteiger partial charge < -0.3 is 0 Å². The molecular weight excluding hydrogens is 108 g/mol. The van der Waals surface area contributed by atoms with Crippen LogP contribution in [0.2, 0.25) is 0 Å². The van der Waals surface area contributed by atoms with E-state index in [0.717, 1.165) is 5.41 Å². The second-order valence-electron chi connectivity index (χ2n) is 4.52. The SMILES string of the molecule is CC1(C)CCC12CCC2. The molecule has 0 heteroatoms. The van der Waals surface area contributed by atoms with E-state index in [1.54, 1.807) is 0 Å². The third-order valence-corrected chi connectivity index (χ3v) is 3.97. The maximum Gasteiger partial charge on any atom is -0.0246 e. The lowest BCUT2D eigenvalue weighted by Gasteiger charge is -2.62. The molecule has 0 nitrogen and oxygen atoms in total. The quantitative estimate of drug-likeness (QED) is 0.465. The van der Waals surface area contributed by atoms with Crippen LogP contribution in [0.5, 0.6) is 0 Å². The van der Waals surface area contributed by atoms with Gasteiger partial charge in [0.05, 0.1) is 0 Å². The zero-order valence-electron chi connectivity index (χ0n) is 6.54. The van der Waals surface area contributed by atoms with Crippen LogP contribution in [0, 0.1) is 10.8 Å². The van der Waals surface area contributed by atoms with Crippen LogP contribution in [-0.2, 0) is 0 Å². The molecule has 0 bridgehead atoms. The average Bonchev–Trinajstić information content (AvgIpc) is 1.59. The largest absolute Gasteiger partial charge is 0.0594 e. The van der Waals surface area contributed by atoms with E-state index in [9.17, 15) is 0 Å². The van der Waals surface area contributed by atoms with Gasteiger partial charge >= 0.3 is 0 Å². The second-order valence-corrected chi connectivity index (χ2v) is 4.52. The third-order valence-electron chi connectivity index (χ3n) is 3.97. The molecule has 0 saturated heterocycles. The molecule has 0 N–H and O–H groups in total. The van der Waals surface area contributed by atoms with Crippen molar-refractivity contribution in [3.05, 3.63) is 0 Å². The van der Waals surface area contributed by atoms with Crippen molar-refractivity contribution in [3.8, 4) is 0 Å². The standard InChI is InChI=1S/C9H16/c1-8(2)6-7-9(8)4-3-5-9/h3-7H2,1-2H3. The third kappa shape index (κ3) is 0.500. The topological polar surface area (TPSA) is 0 Å². The molecule has 0 aromatic carbocycles. The first kappa shape index (κ1) is 5.76. The summed E-state index contributed by atoms with van der Waals surface area (Å²) in [6.45, 7) is 4.88. The van der Waals surface area contributed by atoms with Crippen LogP contribution in [0.25, 0.3) is 0 Å². The predicted octanol–water partition coefficient (Wildman–Crippen LogP) is 2.98. The zero-order chi connectivity index (χ0) is 6.54. The molecule has 52 valence electrons. The predicted molar refractivity (Wildman–Crippen MR) is 39.3 cm³/mol. The van der Waals surface area contributed by atoms with Gasteiger partial charge in [-0.2, -0.15) is 0 Å². The van der Waals surface area contributed by atoms with Crippen LogP contribution in [0.1, 0.15) is 46.0 Å². The van der Waals surface area contributed by atoms with Crippen molar-refractivity contribution in [2.24, 2.45) is 10.8 Å². The highest BCUT2D eigenvalue weighted by atomic mass is 14.6. The van der Waals surface area contributed by atoms with Gasteiger partial charge in [-0.05, 0) is 36.5 Å². The summed E-state index contributed by atoms with van der Waals surface area (Å²) in [5.41, 5.74) is 1.55. The minimum atomic E-state index is 0.714. The highest BCUT2D eigenvalue weighted by molar-refractivity contribution is 5.06. The first-order chi connectivity index (χ1) is 4.16. The van der Waals surface area contributed by atoms with Crippen molar-refractivity contribution in [1.29, 1.82) is 0 Å². The number of hydrogen-bond acceptors (Lipinski definition) is 0. The van der Waals surface area contributed by atoms with Gasteiger partial charge in [-0.1, -0.05) is 20.3 Å². The lowest BCUT2D eigenvalue weighted by molar-refractivity contribution is -0.114. The minimum Gasteiger partial charge on any atom is -0.0594 e. The Morgan fingerprint density at radius 2 is 1.56 bits per heavy atom. The van der Waals surface area contributed by atoms with Gasteiger partial charge in [0.25, 0.3) is 0 Å². The summed E-state index contributed by atoms with van der Waals surface area (Å²) >= 11 is 0. The van der Waals surface area contributed by atoms with Crippen molar-refractivity contribution in [1.82, 2.24) is 0 Å². The second kappa shape index (κ2) is 1.36. The molecule has 0 aromatic heterocycles. The fourth-order valence-electron chi connectivity index (χ4n) is 2.51. The summed E-state index contributed by atoms with van der Waals surface area (Å²) in [5.74, 6) is 0. The molecule has 0 atom stereocenters. The van der Waals surface area contributed by atoms with E-state index in [0.29, 0.717) is 5.41 Å². The molecule has 0 heterocycles. The molecule has 9 heavy (non-hydrogen) atoms. The smallest absolute Gasteiger partial charge is 0.0246 e. The van der Waals surface area contributed by atoms with Crippen LogP contribution in [0.3, 0.4) is 0 Å². The lowest BCUT2D eigenvalue weighted by atomic mass is 9.43. The van der Waals surface area contributed by atoms with Crippen LogP contribution >= 0.6 is 0 Å². The molecule has 0 unspecified atom stereocenters. The molecule has 0 aromatic rings. The molecule has 2 saturated carbocycles. The van der Waals surface area contributed by atoms with Gasteiger partial charge in [0.1, 0.15) is 0 Å². The fraction of sp³-hybridized carbons (Fsp3) is 1.00. The molecular formula is C9H16. The summed E-state index contributed by atoms with van der Waals surface area (Å²) < 4.78 is 0. The maximum atomic E-state index is 2.44. The normalized spacial score (nSPS) is 35.3. The maximum absolute atomic E-state index is 2.44. The van der Waals surface area contributed by atoms with Gasteiger partial charge in [0.2, 0.25) is 0 Å². The van der Waals surface area contributed by atoms with E-state index in [1.165, 1.54) is 32.1 Å². The summed E-state index contributed by atoms with van der Waals surface area (Å²) in [6, 6.07) is 0. The fourth-order valence-corrected chi connectivity index (χ4v) is 2.51. The van der Waals surface area contributed by atoms with Crippen molar-refractivity contribution < 1.29 is 0 Å². The van der Waals surface area contributed by atoms with E-state index in [2.05, 4.69) is 13.8 Å². The minimum absolute atomic E-state index is 0.714. The molecule has 2 rings (SSSR count). The van der Waals surface area contributed by atoms with Gasteiger partial charge in [0.15, 0.2) is 0 Å². The Bertz CT molecular complexity index is 123. The summed E-state index contributed by atoms with van der Waals surface area (Å²) in [4.78, 5) is 0. The highest BCUT2D eigenvalue weighted by Crippen LogP contribution is 2.66. The Labute approximate surface area is 57.6 Å². The van der Waals surface area contributed by atoms with Gasteiger partial charge in [-0.3, -0.25) is 0 Å². The Balaban J connectivity index is 2.13. The molecule has 1 spiro atoms. The Hall–Kier alpha value is 0.